The number of ether oxygens (including phenoxy) is 4. The van der Waals surface area contributed by atoms with Gasteiger partial charge in [-0.3, -0.25) is 0 Å². The van der Waals surface area contributed by atoms with E-state index in [1.807, 2.05) is 0 Å². The van der Waals surface area contributed by atoms with Gasteiger partial charge < -0.3 is 41.9 Å². The lowest BCUT2D eigenvalue weighted by Gasteiger charge is -2.39. The van der Waals surface area contributed by atoms with Crippen LogP contribution < -0.4 is 22.9 Å². The van der Waals surface area contributed by atoms with E-state index in [0.29, 0.717) is 59.4 Å². The molecule has 0 rings (SSSR count). The highest BCUT2D eigenvalue weighted by Crippen LogP contribution is 2.32. The summed E-state index contributed by atoms with van der Waals surface area (Å²) in [5.41, 5.74) is 23.3. The first kappa shape index (κ1) is 41.7. The maximum atomic E-state index is 6.49. The average molecular weight is 603 g/mol. The van der Waals surface area contributed by atoms with Gasteiger partial charge in [0.05, 0.1) is 58.3 Å². The second kappa shape index (κ2) is 15.8. The Morgan fingerprint density at radius 1 is 0.357 bits per heavy atom. The molecule has 42 heavy (non-hydrogen) atoms. The molecule has 0 aromatic carbocycles. The van der Waals surface area contributed by atoms with Gasteiger partial charge in [-0.2, -0.15) is 0 Å². The van der Waals surface area contributed by atoms with Gasteiger partial charge >= 0.3 is 0 Å². The summed E-state index contributed by atoms with van der Waals surface area (Å²) in [7, 11) is 0. The Hall–Kier alpha value is -0.320. The van der Waals surface area contributed by atoms with E-state index < -0.39 is 5.41 Å². The second-order valence-electron chi connectivity index (χ2n) is 18.8. The van der Waals surface area contributed by atoms with Crippen LogP contribution in [0, 0.1) is 27.1 Å². The molecule has 0 amide bonds. The molecule has 0 radical (unpaired) electrons. The molecule has 0 aromatic rings. The van der Waals surface area contributed by atoms with E-state index in [9.17, 15) is 0 Å². The zero-order valence-corrected chi connectivity index (χ0v) is 30.4. The molecule has 0 spiro atoms. The Kier molecular flexibility index (Phi) is 15.7. The van der Waals surface area contributed by atoms with Crippen LogP contribution in [-0.4, -0.2) is 76.0 Å². The van der Waals surface area contributed by atoms with Crippen molar-refractivity contribution < 1.29 is 18.9 Å². The quantitative estimate of drug-likeness (QED) is 0.120. The molecule has 0 aliphatic rings. The van der Waals surface area contributed by atoms with Crippen LogP contribution in [-0.2, 0) is 18.9 Å². The van der Waals surface area contributed by atoms with E-state index in [-0.39, 0.29) is 38.3 Å². The van der Waals surface area contributed by atoms with Crippen molar-refractivity contribution in [3.63, 3.8) is 0 Å². The Morgan fingerprint density at radius 3 is 0.762 bits per heavy atom. The van der Waals surface area contributed by atoms with Gasteiger partial charge in [0.1, 0.15) is 0 Å². The van der Waals surface area contributed by atoms with E-state index >= 15 is 0 Å². The van der Waals surface area contributed by atoms with E-state index in [2.05, 4.69) is 96.9 Å². The standard InChI is InChI=1S/C34H74N4O4/c1-27(2,15-31(9,10)36)19-39-23-34(26-42-22-30(7,8)18-35,24-40-20-28(3,4)16-32(11,12)37)25-41-21-29(5,6)17-33(13,14)38/h15-26,35-38H2,1-14H3. The molecular formula is C34H74N4O4. The molecule has 0 aliphatic carbocycles. The van der Waals surface area contributed by atoms with Crippen LogP contribution >= 0.6 is 0 Å². The third-order valence-electron chi connectivity index (χ3n) is 6.96. The fraction of sp³-hybridized carbons (Fsp3) is 1.00. The van der Waals surface area contributed by atoms with Crippen LogP contribution in [0.5, 0.6) is 0 Å². The van der Waals surface area contributed by atoms with Gasteiger partial charge in [-0.25, -0.2) is 0 Å². The van der Waals surface area contributed by atoms with Crippen LogP contribution in [0.3, 0.4) is 0 Å². The summed E-state index contributed by atoms with van der Waals surface area (Å²) in [5.74, 6) is 0. The van der Waals surface area contributed by atoms with Crippen molar-refractivity contribution in [2.24, 2.45) is 50.0 Å². The summed E-state index contributed by atoms with van der Waals surface area (Å²) in [5, 5.41) is 0. The summed E-state index contributed by atoms with van der Waals surface area (Å²) in [6.45, 7) is 34.3. The fourth-order valence-corrected chi connectivity index (χ4v) is 6.34. The van der Waals surface area contributed by atoms with Crippen LogP contribution in [0.4, 0.5) is 0 Å². The minimum atomic E-state index is -0.512. The summed E-state index contributed by atoms with van der Waals surface area (Å²) < 4.78 is 25.8. The molecule has 0 unspecified atom stereocenters. The monoisotopic (exact) mass is 603 g/mol. The summed E-state index contributed by atoms with van der Waals surface area (Å²) in [6.07, 6.45) is 2.52. The zero-order valence-electron chi connectivity index (χ0n) is 30.4. The number of nitrogens with two attached hydrogens (primary N) is 4. The maximum absolute atomic E-state index is 6.49. The van der Waals surface area contributed by atoms with Crippen LogP contribution in [0.25, 0.3) is 0 Å². The first-order chi connectivity index (χ1) is 18.5. The molecule has 0 aromatic heterocycles. The van der Waals surface area contributed by atoms with Gasteiger partial charge in [-0.1, -0.05) is 55.4 Å². The van der Waals surface area contributed by atoms with Crippen molar-refractivity contribution >= 4 is 0 Å². The Morgan fingerprint density at radius 2 is 0.571 bits per heavy atom. The van der Waals surface area contributed by atoms with Crippen molar-refractivity contribution in [3.05, 3.63) is 0 Å². The highest BCUT2D eigenvalue weighted by molar-refractivity contribution is 4.87. The summed E-state index contributed by atoms with van der Waals surface area (Å²) in [4.78, 5) is 0. The molecule has 0 saturated heterocycles. The largest absolute Gasteiger partial charge is 0.380 e. The highest BCUT2D eigenvalue weighted by atomic mass is 16.5. The van der Waals surface area contributed by atoms with Gasteiger partial charge in [-0.05, 0) is 83.6 Å². The van der Waals surface area contributed by atoms with Gasteiger partial charge in [0, 0.05) is 22.0 Å². The molecule has 8 heteroatoms. The highest BCUT2D eigenvalue weighted by Gasteiger charge is 2.37. The maximum Gasteiger partial charge on any atom is 0.0637 e. The Balaban J connectivity index is 5.98. The molecule has 0 saturated carbocycles. The molecule has 0 fully saturated rings. The first-order valence-corrected chi connectivity index (χ1v) is 15.9. The second-order valence-corrected chi connectivity index (χ2v) is 18.8. The lowest BCUT2D eigenvalue weighted by Crippen LogP contribution is -2.46. The molecule has 0 bridgehead atoms. The van der Waals surface area contributed by atoms with E-state index in [1.165, 1.54) is 0 Å². The van der Waals surface area contributed by atoms with Gasteiger partial charge in [0.15, 0.2) is 0 Å². The fourth-order valence-electron chi connectivity index (χ4n) is 6.34. The van der Waals surface area contributed by atoms with Crippen molar-refractivity contribution in [3.8, 4) is 0 Å². The molecule has 0 aliphatic heterocycles. The zero-order chi connectivity index (χ0) is 33.3. The van der Waals surface area contributed by atoms with E-state index in [4.69, 9.17) is 41.9 Å². The number of hydrogen-bond acceptors (Lipinski definition) is 8. The molecule has 0 heterocycles. The molecule has 8 N–H and O–H groups in total. The lowest BCUT2D eigenvalue weighted by molar-refractivity contribution is -0.133. The van der Waals surface area contributed by atoms with Crippen LogP contribution in [0.2, 0.25) is 0 Å². The third-order valence-corrected chi connectivity index (χ3v) is 6.96. The van der Waals surface area contributed by atoms with Crippen molar-refractivity contribution in [1.82, 2.24) is 0 Å². The van der Waals surface area contributed by atoms with Crippen molar-refractivity contribution in [2.75, 3.05) is 59.4 Å². The smallest absolute Gasteiger partial charge is 0.0637 e. The minimum Gasteiger partial charge on any atom is -0.380 e. The van der Waals surface area contributed by atoms with Crippen molar-refractivity contribution in [2.45, 2.75) is 133 Å². The van der Waals surface area contributed by atoms with Gasteiger partial charge in [-0.15, -0.1) is 0 Å². The van der Waals surface area contributed by atoms with Crippen LogP contribution in [0.1, 0.15) is 116 Å². The summed E-state index contributed by atoms with van der Waals surface area (Å²) >= 11 is 0. The first-order valence-electron chi connectivity index (χ1n) is 15.9. The number of rotatable bonds is 23. The molecule has 254 valence electrons. The molecule has 8 nitrogen and oxygen atoms in total. The Labute approximate surface area is 261 Å². The SMILES string of the molecule is CC(C)(N)CC(C)(C)COCC(COCC(C)(C)CN)(COCC(C)(C)CC(C)(C)N)COCC(C)(C)CC(C)(C)N. The number of hydrogen-bond donors (Lipinski definition) is 4. The van der Waals surface area contributed by atoms with E-state index in [1.54, 1.807) is 0 Å². The predicted octanol–water partition coefficient (Wildman–Crippen LogP) is 5.48. The topological polar surface area (TPSA) is 141 Å². The summed E-state index contributed by atoms with van der Waals surface area (Å²) in [6, 6.07) is 0. The van der Waals surface area contributed by atoms with E-state index in [0.717, 1.165) is 19.3 Å². The minimum absolute atomic E-state index is 0.0858. The average Bonchev–Trinajstić information content (AvgIpc) is 2.67. The Bertz CT molecular complexity index is 675. The molecular weight excluding hydrogens is 528 g/mol. The van der Waals surface area contributed by atoms with Gasteiger partial charge in [0.2, 0.25) is 0 Å². The third kappa shape index (κ3) is 21.4. The predicted molar refractivity (Wildman–Crippen MR) is 179 cm³/mol. The van der Waals surface area contributed by atoms with Crippen LogP contribution in [0.15, 0.2) is 0 Å². The normalized spacial score (nSPS) is 15.0. The molecule has 0 atom stereocenters. The van der Waals surface area contributed by atoms with Gasteiger partial charge in [0.25, 0.3) is 0 Å². The van der Waals surface area contributed by atoms with Crippen molar-refractivity contribution in [1.29, 1.82) is 0 Å². The lowest BCUT2D eigenvalue weighted by atomic mass is 9.81.